The van der Waals surface area contributed by atoms with Crippen LogP contribution in [-0.2, 0) is 4.74 Å². The number of carbonyl (C=O) groups is 1. The van der Waals surface area contributed by atoms with Gasteiger partial charge in [-0.1, -0.05) is 48.6 Å². The minimum atomic E-state index is -0.953. The van der Waals surface area contributed by atoms with E-state index in [1.807, 2.05) is 60.2 Å². The average molecular weight is 503 g/mol. The molecule has 3 aliphatic rings. The number of hydrogen-bond donors (Lipinski definition) is 1. The number of carbonyl (C=O) groups excluding carboxylic acids is 1. The first-order chi connectivity index (χ1) is 17.7. The molecule has 0 bridgehead atoms. The topological polar surface area (TPSA) is 71.8 Å². The van der Waals surface area contributed by atoms with Gasteiger partial charge in [0.1, 0.15) is 5.60 Å². The van der Waals surface area contributed by atoms with E-state index in [9.17, 15) is 14.7 Å². The third kappa shape index (κ3) is 5.59. The Morgan fingerprint density at radius 3 is 2.49 bits per heavy atom. The van der Waals surface area contributed by atoms with E-state index >= 15 is 0 Å². The van der Waals surface area contributed by atoms with Crippen LogP contribution in [0.2, 0.25) is 0 Å². The van der Waals surface area contributed by atoms with Crippen LogP contribution >= 0.6 is 0 Å². The van der Waals surface area contributed by atoms with Crippen molar-refractivity contribution >= 4 is 6.09 Å². The Kier molecular flexibility index (Phi) is 6.88. The van der Waals surface area contributed by atoms with Crippen LogP contribution < -0.4 is 5.56 Å². The smallest absolute Gasteiger partial charge is 0.410 e. The lowest BCUT2D eigenvalue weighted by Crippen LogP contribution is -2.48. The predicted molar refractivity (Wildman–Crippen MR) is 145 cm³/mol. The van der Waals surface area contributed by atoms with Gasteiger partial charge in [-0.3, -0.25) is 4.79 Å². The molecule has 2 aromatic rings. The second-order valence-electron chi connectivity index (χ2n) is 11.6. The van der Waals surface area contributed by atoms with Crippen LogP contribution in [-0.4, -0.2) is 38.4 Å². The summed E-state index contributed by atoms with van der Waals surface area (Å²) in [5.41, 5.74) is 1.25. The van der Waals surface area contributed by atoms with E-state index in [4.69, 9.17) is 4.74 Å². The fourth-order valence-electron chi connectivity index (χ4n) is 5.95. The quantitative estimate of drug-likeness (QED) is 0.491. The van der Waals surface area contributed by atoms with Crippen molar-refractivity contribution < 1.29 is 14.6 Å². The standard InChI is InChI=1S/C31H38N2O4/c1-22(23-10-12-24(13-11-23)25-16-19-33(27-14-15-27)28(34)20-25)32-18-7-17-31(37-29(32)35,21-30(2,3)36)26-8-5-4-6-9-26/h4-6,8,10-13,16,19-20,22,26-27,36H,7,9,14-15,17-18,21H2,1-3H3/t22-,26?,31-/m0/s1. The van der Waals surface area contributed by atoms with E-state index in [1.54, 1.807) is 24.8 Å². The van der Waals surface area contributed by atoms with Crippen molar-refractivity contribution in [2.45, 2.75) is 82.6 Å². The van der Waals surface area contributed by atoms with Gasteiger partial charge in [0.2, 0.25) is 0 Å². The molecular weight excluding hydrogens is 464 g/mol. The Labute approximate surface area is 219 Å². The Balaban J connectivity index is 1.33. The highest BCUT2D eigenvalue weighted by molar-refractivity contribution is 5.70. The highest BCUT2D eigenvalue weighted by atomic mass is 16.6. The molecule has 6 nitrogen and oxygen atoms in total. The lowest BCUT2D eigenvalue weighted by molar-refractivity contribution is -0.0838. The Hall–Kier alpha value is -3.12. The highest BCUT2D eigenvalue weighted by Gasteiger charge is 2.47. The van der Waals surface area contributed by atoms with Crippen LogP contribution in [0.5, 0.6) is 0 Å². The fraction of sp³-hybridized carbons (Fsp3) is 0.484. The molecule has 5 rings (SSSR count). The van der Waals surface area contributed by atoms with Gasteiger partial charge in [0.15, 0.2) is 0 Å². The first kappa shape index (κ1) is 25.5. The van der Waals surface area contributed by atoms with Gasteiger partial charge >= 0.3 is 6.09 Å². The van der Waals surface area contributed by atoms with Crippen molar-refractivity contribution in [1.82, 2.24) is 9.47 Å². The summed E-state index contributed by atoms with van der Waals surface area (Å²) in [7, 11) is 0. The number of aromatic nitrogens is 1. The molecule has 1 aromatic carbocycles. The Morgan fingerprint density at radius 1 is 1.11 bits per heavy atom. The monoisotopic (exact) mass is 502 g/mol. The van der Waals surface area contributed by atoms with Crippen LogP contribution in [0.3, 0.4) is 0 Å². The number of aliphatic hydroxyl groups is 1. The van der Waals surface area contributed by atoms with Crippen molar-refractivity contribution in [2.24, 2.45) is 5.92 Å². The van der Waals surface area contributed by atoms with Crippen LogP contribution in [0, 0.1) is 5.92 Å². The molecule has 0 radical (unpaired) electrons. The molecule has 1 aromatic heterocycles. The number of benzene rings is 1. The second kappa shape index (κ2) is 9.97. The molecular formula is C31H38N2O4. The van der Waals surface area contributed by atoms with Crippen molar-refractivity contribution in [3.63, 3.8) is 0 Å². The predicted octanol–water partition coefficient (Wildman–Crippen LogP) is 6.18. The molecule has 1 aliphatic heterocycles. The molecule has 2 aliphatic carbocycles. The maximum Gasteiger partial charge on any atom is 0.410 e. The van der Waals surface area contributed by atoms with Gasteiger partial charge < -0.3 is 19.3 Å². The summed E-state index contributed by atoms with van der Waals surface area (Å²) in [4.78, 5) is 27.8. The van der Waals surface area contributed by atoms with E-state index in [2.05, 4.69) is 12.2 Å². The van der Waals surface area contributed by atoms with Crippen LogP contribution in [0.4, 0.5) is 4.79 Å². The molecule has 6 heteroatoms. The van der Waals surface area contributed by atoms with Gasteiger partial charge in [-0.15, -0.1) is 0 Å². The largest absolute Gasteiger partial charge is 0.442 e. The number of allylic oxidation sites excluding steroid dienone is 3. The normalized spacial score (nSPS) is 25.0. The molecule has 3 atom stereocenters. The van der Waals surface area contributed by atoms with Gasteiger partial charge in [0.25, 0.3) is 5.56 Å². The number of pyridine rings is 1. The summed E-state index contributed by atoms with van der Waals surface area (Å²) in [5.74, 6) is 0.0396. The lowest BCUT2D eigenvalue weighted by atomic mass is 9.73. The summed E-state index contributed by atoms with van der Waals surface area (Å²) in [6, 6.07) is 12.0. The first-order valence-corrected chi connectivity index (χ1v) is 13.5. The minimum absolute atomic E-state index is 0.0396. The summed E-state index contributed by atoms with van der Waals surface area (Å²) in [6.45, 7) is 6.19. The zero-order chi connectivity index (χ0) is 26.2. The van der Waals surface area contributed by atoms with Crippen LogP contribution in [0.1, 0.15) is 76.9 Å². The van der Waals surface area contributed by atoms with Gasteiger partial charge in [-0.05, 0) is 75.6 Å². The summed E-state index contributed by atoms with van der Waals surface area (Å²) in [5, 5.41) is 10.7. The summed E-state index contributed by atoms with van der Waals surface area (Å²) >= 11 is 0. The van der Waals surface area contributed by atoms with E-state index < -0.39 is 11.2 Å². The molecule has 2 fully saturated rings. The number of cyclic esters (lactones) is 1. The zero-order valence-corrected chi connectivity index (χ0v) is 22.1. The summed E-state index contributed by atoms with van der Waals surface area (Å²) < 4.78 is 8.14. The van der Waals surface area contributed by atoms with Crippen LogP contribution in [0.15, 0.2) is 71.7 Å². The van der Waals surface area contributed by atoms with E-state index in [0.29, 0.717) is 25.4 Å². The number of amides is 1. The summed E-state index contributed by atoms with van der Waals surface area (Å²) in [6.07, 6.45) is 14.7. The molecule has 1 saturated heterocycles. The molecule has 1 unspecified atom stereocenters. The maximum absolute atomic E-state index is 13.5. The van der Waals surface area contributed by atoms with E-state index in [1.165, 1.54) is 0 Å². The van der Waals surface area contributed by atoms with Crippen molar-refractivity contribution in [3.05, 3.63) is 82.8 Å². The number of hydrogen-bond acceptors (Lipinski definition) is 4. The molecule has 2 heterocycles. The molecule has 1 amide bonds. The maximum atomic E-state index is 13.5. The van der Waals surface area contributed by atoms with E-state index in [-0.39, 0.29) is 23.6 Å². The van der Waals surface area contributed by atoms with E-state index in [0.717, 1.165) is 42.4 Å². The number of rotatable bonds is 7. The van der Waals surface area contributed by atoms with Gasteiger partial charge in [-0.25, -0.2) is 4.79 Å². The zero-order valence-electron chi connectivity index (χ0n) is 22.1. The van der Waals surface area contributed by atoms with Gasteiger partial charge in [-0.2, -0.15) is 0 Å². The molecule has 1 saturated carbocycles. The average Bonchev–Trinajstić information content (AvgIpc) is 3.72. The lowest BCUT2D eigenvalue weighted by Gasteiger charge is -2.42. The second-order valence-corrected chi connectivity index (χ2v) is 11.6. The SMILES string of the molecule is C[C@@H](c1ccc(-c2ccn(C3CC3)c(=O)c2)cc1)N1CCC[C@](CC(C)(C)O)(C2C=CC=CC2)OC1=O. The third-order valence-electron chi connectivity index (χ3n) is 7.99. The van der Waals surface area contributed by atoms with Crippen molar-refractivity contribution in [2.75, 3.05) is 6.54 Å². The molecule has 196 valence electrons. The van der Waals surface area contributed by atoms with Gasteiger partial charge in [0.05, 0.1) is 11.6 Å². The molecule has 1 N–H and O–H groups in total. The Bertz CT molecular complexity index is 1250. The van der Waals surface area contributed by atoms with Crippen molar-refractivity contribution in [3.8, 4) is 11.1 Å². The number of nitrogens with zero attached hydrogens (tertiary/aromatic N) is 2. The Morgan fingerprint density at radius 2 is 1.86 bits per heavy atom. The first-order valence-electron chi connectivity index (χ1n) is 13.5. The van der Waals surface area contributed by atoms with Crippen LogP contribution in [0.25, 0.3) is 11.1 Å². The highest BCUT2D eigenvalue weighted by Crippen LogP contribution is 2.42. The molecule has 0 spiro atoms. The molecule has 37 heavy (non-hydrogen) atoms. The van der Waals surface area contributed by atoms with Crippen molar-refractivity contribution in [1.29, 1.82) is 0 Å². The third-order valence-corrected chi connectivity index (χ3v) is 7.99. The number of ether oxygens (including phenoxy) is 1. The minimum Gasteiger partial charge on any atom is -0.442 e. The van der Waals surface area contributed by atoms with Gasteiger partial charge in [0, 0.05) is 37.2 Å². The fourth-order valence-corrected chi connectivity index (χ4v) is 5.95.